The minimum absolute atomic E-state index is 0.0705. The van der Waals surface area contributed by atoms with Crippen LogP contribution in [0.5, 0.6) is 0 Å². The maximum atomic E-state index is 14.3. The number of likely N-dealkylation sites (tertiary alicyclic amines) is 1. The van der Waals surface area contributed by atoms with Crippen LogP contribution in [0.3, 0.4) is 0 Å². The number of carbonyl (C=O) groups is 8. The molecule has 0 spiro atoms. The second-order valence-corrected chi connectivity index (χ2v) is 18.4. The molecule has 18 heteroatoms. The minimum atomic E-state index is -1.31. The fourth-order valence-electron chi connectivity index (χ4n) is 9.14. The van der Waals surface area contributed by atoms with Crippen molar-refractivity contribution in [2.45, 2.75) is 135 Å². The summed E-state index contributed by atoms with van der Waals surface area (Å²) in [4.78, 5) is 108. The van der Waals surface area contributed by atoms with E-state index in [-0.39, 0.29) is 54.9 Å². The van der Waals surface area contributed by atoms with Crippen molar-refractivity contribution in [3.05, 3.63) is 77.9 Å². The van der Waals surface area contributed by atoms with Crippen LogP contribution >= 0.6 is 0 Å². The van der Waals surface area contributed by atoms with E-state index in [0.29, 0.717) is 63.7 Å². The van der Waals surface area contributed by atoms with E-state index >= 15 is 0 Å². The predicted molar refractivity (Wildman–Crippen MR) is 259 cm³/mol. The number of anilines is 1. The molecule has 8 atom stereocenters. The SMILES string of the molecule is CC[C@H](C)[C@@H]([C@@H](CC(=O)N1CCC[C@H]1[C@H](OC)[C@@H](C)C(=O)N[C@@H](Cc1ccccc1)C(=O)Nc1ccc(CNC(=O)CCCCCN2C(=O)C=CC2=O)cc1)OC)N(C)C(=O)[C@@H](NC(=O)O)C(C)C. The van der Waals surface area contributed by atoms with Gasteiger partial charge in [0.2, 0.25) is 29.5 Å². The Hall–Kier alpha value is -6.14. The lowest BCUT2D eigenvalue weighted by molar-refractivity contribution is -0.147. The fourth-order valence-corrected chi connectivity index (χ4v) is 9.14. The van der Waals surface area contributed by atoms with Gasteiger partial charge in [0.05, 0.1) is 36.6 Å². The number of unbranched alkanes of at least 4 members (excludes halogenated alkanes) is 2. The smallest absolute Gasteiger partial charge is 0.405 e. The van der Waals surface area contributed by atoms with E-state index in [1.165, 1.54) is 36.2 Å². The molecule has 0 bridgehead atoms. The monoisotopic (exact) mass is 960 g/mol. The zero-order valence-electron chi connectivity index (χ0n) is 41.4. The molecule has 1 saturated heterocycles. The molecular formula is C51H73N7O11. The normalized spacial score (nSPS) is 17.7. The molecule has 1 fully saturated rings. The van der Waals surface area contributed by atoms with Crippen molar-refractivity contribution in [3.8, 4) is 0 Å². The number of likely N-dealkylation sites (N-methyl/N-ethyl adjacent to an activating group) is 1. The van der Waals surface area contributed by atoms with Crippen molar-refractivity contribution in [1.29, 1.82) is 0 Å². The summed E-state index contributed by atoms with van der Waals surface area (Å²) in [5.41, 5.74) is 2.14. The van der Waals surface area contributed by atoms with Crippen LogP contribution in [0.1, 0.15) is 97.1 Å². The first-order valence-corrected chi connectivity index (χ1v) is 24.1. The van der Waals surface area contributed by atoms with Crippen LogP contribution in [0.4, 0.5) is 10.5 Å². The molecule has 378 valence electrons. The minimum Gasteiger partial charge on any atom is -0.465 e. The van der Waals surface area contributed by atoms with Gasteiger partial charge in [-0.25, -0.2) is 4.79 Å². The molecule has 4 rings (SSSR count). The lowest BCUT2D eigenvalue weighted by atomic mass is 9.89. The van der Waals surface area contributed by atoms with Gasteiger partial charge in [0.25, 0.3) is 11.8 Å². The maximum absolute atomic E-state index is 14.3. The predicted octanol–water partition coefficient (Wildman–Crippen LogP) is 4.67. The van der Waals surface area contributed by atoms with Crippen LogP contribution in [0.2, 0.25) is 0 Å². The van der Waals surface area contributed by atoms with E-state index in [1.54, 1.807) is 57.0 Å². The van der Waals surface area contributed by atoms with E-state index in [9.17, 15) is 43.5 Å². The highest BCUT2D eigenvalue weighted by molar-refractivity contribution is 6.12. The van der Waals surface area contributed by atoms with Crippen LogP contribution < -0.4 is 21.3 Å². The first-order valence-electron chi connectivity index (χ1n) is 24.1. The van der Waals surface area contributed by atoms with Crippen LogP contribution in [-0.4, -0.2) is 138 Å². The molecule has 69 heavy (non-hydrogen) atoms. The van der Waals surface area contributed by atoms with Gasteiger partial charge in [-0.15, -0.1) is 0 Å². The van der Waals surface area contributed by atoms with Gasteiger partial charge in [0, 0.05) is 71.6 Å². The summed E-state index contributed by atoms with van der Waals surface area (Å²) in [5, 5.41) is 20.6. The van der Waals surface area contributed by atoms with Crippen LogP contribution in [0.25, 0.3) is 0 Å². The number of carboxylic acid groups (broad SMARTS) is 1. The average Bonchev–Trinajstić information content (AvgIpc) is 3.95. The summed E-state index contributed by atoms with van der Waals surface area (Å²) in [6.07, 6.45) is 4.00. The van der Waals surface area contributed by atoms with Crippen molar-refractivity contribution in [3.63, 3.8) is 0 Å². The van der Waals surface area contributed by atoms with Crippen molar-refractivity contribution < 1.29 is 52.9 Å². The Balaban J connectivity index is 1.38. The summed E-state index contributed by atoms with van der Waals surface area (Å²) in [7, 11) is 4.60. The van der Waals surface area contributed by atoms with E-state index < -0.39 is 66.1 Å². The lowest BCUT2D eigenvalue weighted by Gasteiger charge is -2.40. The molecule has 0 saturated carbocycles. The number of imide groups is 1. The fraction of sp³-hybridized carbons (Fsp3) is 0.569. The third-order valence-electron chi connectivity index (χ3n) is 13.3. The second kappa shape index (κ2) is 27.2. The van der Waals surface area contributed by atoms with E-state index in [2.05, 4.69) is 21.3 Å². The van der Waals surface area contributed by atoms with Gasteiger partial charge in [-0.3, -0.25) is 38.5 Å². The van der Waals surface area contributed by atoms with Crippen molar-refractivity contribution in [1.82, 2.24) is 30.7 Å². The van der Waals surface area contributed by atoms with Gasteiger partial charge in [-0.2, -0.15) is 0 Å². The Morgan fingerprint density at radius 1 is 0.841 bits per heavy atom. The summed E-state index contributed by atoms with van der Waals surface area (Å²) >= 11 is 0. The van der Waals surface area contributed by atoms with Gasteiger partial charge >= 0.3 is 6.09 Å². The van der Waals surface area contributed by atoms with Gasteiger partial charge in [0.1, 0.15) is 12.1 Å². The molecule has 0 aliphatic carbocycles. The van der Waals surface area contributed by atoms with Gasteiger partial charge in [0.15, 0.2) is 0 Å². The Morgan fingerprint density at radius 3 is 2.10 bits per heavy atom. The van der Waals surface area contributed by atoms with E-state index in [4.69, 9.17) is 9.47 Å². The highest BCUT2D eigenvalue weighted by atomic mass is 16.5. The van der Waals surface area contributed by atoms with E-state index in [1.807, 2.05) is 44.2 Å². The van der Waals surface area contributed by atoms with Crippen molar-refractivity contribution in [2.24, 2.45) is 17.8 Å². The molecular weight excluding hydrogens is 887 g/mol. The number of amides is 8. The Morgan fingerprint density at radius 2 is 1.51 bits per heavy atom. The zero-order chi connectivity index (χ0) is 50.8. The van der Waals surface area contributed by atoms with Gasteiger partial charge in [-0.1, -0.05) is 89.9 Å². The lowest BCUT2D eigenvalue weighted by Crippen LogP contribution is -2.57. The topological polar surface area (TPSA) is 233 Å². The second-order valence-electron chi connectivity index (χ2n) is 18.4. The quantitative estimate of drug-likeness (QED) is 0.0610. The van der Waals surface area contributed by atoms with Crippen LogP contribution in [-0.2, 0) is 56.0 Å². The number of benzene rings is 2. The number of carbonyl (C=O) groups excluding carboxylic acids is 7. The Labute approximate surface area is 406 Å². The number of rotatable bonds is 27. The number of nitrogens with one attached hydrogen (secondary N) is 4. The molecule has 0 radical (unpaired) electrons. The average molecular weight is 960 g/mol. The first-order chi connectivity index (χ1) is 32.9. The molecule has 5 N–H and O–H groups in total. The molecule has 2 aromatic rings. The number of methoxy groups -OCH3 is 2. The Bertz CT molecular complexity index is 2080. The van der Waals surface area contributed by atoms with E-state index in [0.717, 1.165) is 11.1 Å². The first kappa shape index (κ1) is 55.5. The van der Waals surface area contributed by atoms with Crippen LogP contribution in [0.15, 0.2) is 66.7 Å². The third kappa shape index (κ3) is 16.0. The third-order valence-corrected chi connectivity index (χ3v) is 13.3. The molecule has 2 aromatic carbocycles. The molecule has 2 heterocycles. The molecule has 0 unspecified atom stereocenters. The summed E-state index contributed by atoms with van der Waals surface area (Å²) in [5.74, 6) is -3.51. The highest BCUT2D eigenvalue weighted by Gasteiger charge is 2.43. The summed E-state index contributed by atoms with van der Waals surface area (Å²) in [6.45, 7) is 10.2. The molecule has 2 aliphatic heterocycles. The molecule has 2 aliphatic rings. The number of hydrogen-bond donors (Lipinski definition) is 5. The zero-order valence-corrected chi connectivity index (χ0v) is 41.4. The number of hydrogen-bond acceptors (Lipinski definition) is 10. The standard InChI is InChI=1S/C51H73N7O11/c1-9-33(4)46(56(6)50(65)45(32(2)3)55-51(66)67)40(68-7)30-44(62)57-28-16-19-39(57)47(69-8)34(5)48(63)54-38(29-35-17-12-10-13-18-35)49(64)53-37-23-21-36(22-24-37)31-52-41(59)20-14-11-15-27-58-42(60)25-26-43(58)61/h10,12-13,17-18,21-26,32-34,38-40,45-47,55H,9,11,14-16,19-20,27-31H2,1-8H3,(H,52,59)(H,53,64)(H,54,63)(H,66,67)/t33-,34+,38-,39-,40+,45-,46-,47+/m0/s1. The van der Waals surface area contributed by atoms with Crippen LogP contribution in [0, 0.1) is 17.8 Å². The highest BCUT2D eigenvalue weighted by Crippen LogP contribution is 2.30. The van der Waals surface area contributed by atoms with Gasteiger partial charge < -0.3 is 45.6 Å². The van der Waals surface area contributed by atoms with Crippen molar-refractivity contribution >= 4 is 53.1 Å². The Kier molecular flexibility index (Phi) is 21.8. The largest absolute Gasteiger partial charge is 0.465 e. The summed E-state index contributed by atoms with van der Waals surface area (Å²) < 4.78 is 11.9. The molecule has 0 aromatic heterocycles. The summed E-state index contributed by atoms with van der Waals surface area (Å²) in [6, 6.07) is 13.3. The van der Waals surface area contributed by atoms with Crippen molar-refractivity contribution in [2.75, 3.05) is 39.7 Å². The maximum Gasteiger partial charge on any atom is 0.405 e. The molecule has 8 amide bonds. The number of ether oxygens (including phenoxy) is 2. The van der Waals surface area contributed by atoms with Gasteiger partial charge in [-0.05, 0) is 60.8 Å². The molecule has 18 nitrogen and oxygen atoms in total. The number of nitrogens with zero attached hydrogens (tertiary/aromatic N) is 3.